The molecule has 4 heterocycles. The molecule has 0 bridgehead atoms. The summed E-state index contributed by atoms with van der Waals surface area (Å²) < 4.78 is 7.54. The minimum absolute atomic E-state index is 0.107. The number of carbonyl (C=O) groups excluding carboxylic acids is 2. The largest absolute Gasteiger partial charge is 0.463 e. The van der Waals surface area contributed by atoms with Gasteiger partial charge in [0.2, 0.25) is 5.91 Å². The highest BCUT2D eigenvalue weighted by Gasteiger charge is 2.49. The van der Waals surface area contributed by atoms with Crippen LogP contribution < -0.4 is 5.32 Å². The number of fused-ring (bicyclic) bond motifs is 1. The maximum absolute atomic E-state index is 14.0. The van der Waals surface area contributed by atoms with E-state index >= 15 is 0 Å². The van der Waals surface area contributed by atoms with Gasteiger partial charge in [0, 0.05) is 12.2 Å². The van der Waals surface area contributed by atoms with E-state index in [1.807, 2.05) is 54.0 Å². The third kappa shape index (κ3) is 3.83. The van der Waals surface area contributed by atoms with Crippen LogP contribution in [0.4, 0.5) is 0 Å². The fourth-order valence-electron chi connectivity index (χ4n) is 5.42. The van der Waals surface area contributed by atoms with Crippen molar-refractivity contribution in [2.24, 2.45) is 11.8 Å². The van der Waals surface area contributed by atoms with Crippen LogP contribution in [0.3, 0.4) is 0 Å². The summed E-state index contributed by atoms with van der Waals surface area (Å²) in [5.74, 6) is 1.33. The number of aromatic nitrogens is 2. The lowest BCUT2D eigenvalue weighted by Crippen LogP contribution is -2.65. The first kappa shape index (κ1) is 22.4. The average Bonchev–Trinajstić information content (AvgIpc) is 3.50. The van der Waals surface area contributed by atoms with E-state index < -0.39 is 5.54 Å². The molecule has 34 heavy (non-hydrogen) atoms. The molecule has 0 radical (unpaired) electrons. The maximum Gasteiger partial charge on any atom is 0.271 e. The standard InChI is InChI=1S/C27H32N4O3/c1-18-8-6-10-21(19(18)2)29-26(33)27(3)17-30-22(24-11-7-15-34-24)12-13-23(30)25(32)31(27)16-20-9-4-5-14-28-20/h4-5,7,9,11-15,18-19,21H,6,8,10,16-17H2,1-3H3,(H,29,33)/t18-,19+,21+,27+/m1/s1. The van der Waals surface area contributed by atoms with Gasteiger partial charge in [-0.1, -0.05) is 32.8 Å². The molecule has 2 aliphatic rings. The number of nitrogens with one attached hydrogen (secondary N) is 1. The van der Waals surface area contributed by atoms with E-state index in [0.29, 0.717) is 29.8 Å². The Bertz CT molecular complexity index is 1170. The predicted molar refractivity (Wildman–Crippen MR) is 129 cm³/mol. The molecule has 0 saturated heterocycles. The number of hydrogen-bond acceptors (Lipinski definition) is 4. The normalized spacial score (nSPS) is 26.9. The van der Waals surface area contributed by atoms with Crippen molar-refractivity contribution in [1.29, 1.82) is 0 Å². The van der Waals surface area contributed by atoms with E-state index in [4.69, 9.17) is 4.42 Å². The van der Waals surface area contributed by atoms with E-state index in [0.717, 1.165) is 24.2 Å². The third-order valence-corrected chi connectivity index (χ3v) is 7.84. The molecule has 1 N–H and O–H groups in total. The highest BCUT2D eigenvalue weighted by Crippen LogP contribution is 2.35. The van der Waals surface area contributed by atoms with Gasteiger partial charge in [-0.3, -0.25) is 14.6 Å². The van der Waals surface area contributed by atoms with Gasteiger partial charge in [-0.15, -0.1) is 0 Å². The first-order chi connectivity index (χ1) is 16.4. The molecule has 3 aromatic heterocycles. The molecular formula is C27H32N4O3. The Hall–Kier alpha value is -3.35. The summed E-state index contributed by atoms with van der Waals surface area (Å²) in [7, 11) is 0. The Morgan fingerprint density at radius 1 is 1.15 bits per heavy atom. The quantitative estimate of drug-likeness (QED) is 0.608. The molecule has 1 aliphatic heterocycles. The SMILES string of the molecule is C[C@H]1[C@H](C)CCC[C@@H]1NC(=O)[C@]1(C)Cn2c(ccc2-c2ccco2)C(=O)N1Cc1ccccn1. The topological polar surface area (TPSA) is 80.4 Å². The lowest BCUT2D eigenvalue weighted by atomic mass is 9.77. The van der Waals surface area contributed by atoms with E-state index in [2.05, 4.69) is 24.1 Å². The van der Waals surface area contributed by atoms with Gasteiger partial charge in [-0.2, -0.15) is 0 Å². The van der Waals surface area contributed by atoms with Gasteiger partial charge in [-0.05, 0) is 61.6 Å². The van der Waals surface area contributed by atoms with Gasteiger partial charge in [0.05, 0.1) is 30.7 Å². The smallest absolute Gasteiger partial charge is 0.271 e. The molecule has 1 saturated carbocycles. The van der Waals surface area contributed by atoms with Crippen LogP contribution in [0.5, 0.6) is 0 Å². The fourth-order valence-corrected chi connectivity index (χ4v) is 5.42. The maximum atomic E-state index is 14.0. The molecule has 5 rings (SSSR count). The average molecular weight is 461 g/mol. The number of pyridine rings is 1. The number of nitrogens with zero attached hydrogens (tertiary/aromatic N) is 3. The second kappa shape index (κ2) is 8.78. The Kier molecular flexibility index (Phi) is 5.80. The van der Waals surface area contributed by atoms with Crippen LogP contribution in [0.1, 0.15) is 56.2 Å². The van der Waals surface area contributed by atoms with Crippen LogP contribution in [-0.4, -0.2) is 37.8 Å². The summed E-state index contributed by atoms with van der Waals surface area (Å²) in [5, 5.41) is 3.33. The zero-order valence-electron chi connectivity index (χ0n) is 20.0. The number of rotatable bonds is 5. The Morgan fingerprint density at radius 2 is 1.97 bits per heavy atom. The lowest BCUT2D eigenvalue weighted by Gasteiger charge is -2.45. The number of amides is 2. The molecule has 2 amide bonds. The van der Waals surface area contributed by atoms with Gasteiger partial charge >= 0.3 is 0 Å². The summed E-state index contributed by atoms with van der Waals surface area (Å²) in [5.41, 5.74) is 1.01. The molecule has 7 nitrogen and oxygen atoms in total. The third-order valence-electron chi connectivity index (χ3n) is 7.84. The van der Waals surface area contributed by atoms with Gasteiger partial charge in [0.1, 0.15) is 17.0 Å². The van der Waals surface area contributed by atoms with Gasteiger partial charge in [0.15, 0.2) is 0 Å². The van der Waals surface area contributed by atoms with Crippen LogP contribution in [0.15, 0.2) is 59.3 Å². The summed E-state index contributed by atoms with van der Waals surface area (Å²) in [6.07, 6.45) is 6.59. The lowest BCUT2D eigenvalue weighted by molar-refractivity contribution is -0.134. The molecule has 1 aliphatic carbocycles. The van der Waals surface area contributed by atoms with Crippen molar-refractivity contribution in [3.05, 3.63) is 66.3 Å². The molecule has 4 atom stereocenters. The van der Waals surface area contributed by atoms with Crippen LogP contribution in [0.25, 0.3) is 11.5 Å². The summed E-state index contributed by atoms with van der Waals surface area (Å²) >= 11 is 0. The zero-order valence-corrected chi connectivity index (χ0v) is 20.0. The van der Waals surface area contributed by atoms with Crippen molar-refractivity contribution in [3.63, 3.8) is 0 Å². The Labute approximate surface area is 200 Å². The van der Waals surface area contributed by atoms with Crippen molar-refractivity contribution in [2.75, 3.05) is 0 Å². The Morgan fingerprint density at radius 3 is 2.71 bits per heavy atom. The monoisotopic (exact) mass is 460 g/mol. The van der Waals surface area contributed by atoms with E-state index in [9.17, 15) is 9.59 Å². The van der Waals surface area contributed by atoms with Crippen LogP contribution >= 0.6 is 0 Å². The van der Waals surface area contributed by atoms with Gasteiger partial charge in [-0.25, -0.2) is 0 Å². The highest BCUT2D eigenvalue weighted by atomic mass is 16.3. The molecule has 3 aromatic rings. The minimum atomic E-state index is -1.08. The fraction of sp³-hybridized carbons (Fsp3) is 0.444. The second-order valence-corrected chi connectivity index (χ2v) is 10.0. The van der Waals surface area contributed by atoms with Gasteiger partial charge in [0.25, 0.3) is 5.91 Å². The summed E-state index contributed by atoms with van der Waals surface area (Å²) in [6, 6.07) is 13.1. The second-order valence-electron chi connectivity index (χ2n) is 10.0. The van der Waals surface area contributed by atoms with Crippen LogP contribution in [0.2, 0.25) is 0 Å². The number of carbonyl (C=O) groups is 2. The molecule has 0 aromatic carbocycles. The summed E-state index contributed by atoms with van der Waals surface area (Å²) in [6.45, 7) is 6.95. The van der Waals surface area contributed by atoms with E-state index in [1.165, 1.54) is 6.42 Å². The zero-order chi connectivity index (χ0) is 23.9. The molecule has 1 fully saturated rings. The van der Waals surface area contributed by atoms with Crippen molar-refractivity contribution in [1.82, 2.24) is 19.8 Å². The van der Waals surface area contributed by atoms with Crippen molar-refractivity contribution in [2.45, 2.75) is 64.7 Å². The molecule has 0 unspecified atom stereocenters. The first-order valence-corrected chi connectivity index (χ1v) is 12.1. The molecule has 7 heteroatoms. The van der Waals surface area contributed by atoms with Crippen molar-refractivity contribution >= 4 is 11.8 Å². The molecule has 178 valence electrons. The van der Waals surface area contributed by atoms with Crippen LogP contribution in [-0.2, 0) is 17.9 Å². The highest BCUT2D eigenvalue weighted by molar-refractivity contribution is 6.00. The van der Waals surface area contributed by atoms with E-state index in [1.54, 1.807) is 17.4 Å². The number of furan rings is 1. The van der Waals surface area contributed by atoms with E-state index in [-0.39, 0.29) is 24.4 Å². The minimum Gasteiger partial charge on any atom is -0.463 e. The van der Waals surface area contributed by atoms with Crippen LogP contribution in [0, 0.1) is 11.8 Å². The summed E-state index contributed by atoms with van der Waals surface area (Å²) in [4.78, 5) is 33.9. The van der Waals surface area contributed by atoms with Gasteiger partial charge < -0.3 is 19.2 Å². The number of hydrogen-bond donors (Lipinski definition) is 1. The first-order valence-electron chi connectivity index (χ1n) is 12.1. The van der Waals surface area contributed by atoms with Crippen molar-refractivity contribution in [3.8, 4) is 11.5 Å². The predicted octanol–water partition coefficient (Wildman–Crippen LogP) is 4.50. The Balaban J connectivity index is 1.52. The van der Waals surface area contributed by atoms with Crippen molar-refractivity contribution < 1.29 is 14.0 Å². The molecule has 0 spiro atoms. The molecular weight excluding hydrogens is 428 g/mol.